The van der Waals surface area contributed by atoms with Gasteiger partial charge in [0.2, 0.25) is 0 Å². The number of rotatable bonds is 2. The van der Waals surface area contributed by atoms with Crippen molar-refractivity contribution in [2.45, 2.75) is 6.92 Å². The lowest BCUT2D eigenvalue weighted by Crippen LogP contribution is -2.02. The van der Waals surface area contributed by atoms with Crippen LogP contribution >= 0.6 is 11.6 Å². The molecule has 2 aromatic rings. The Bertz CT molecular complexity index is 539. The fourth-order valence-electron chi connectivity index (χ4n) is 1.35. The van der Waals surface area contributed by atoms with Crippen molar-refractivity contribution in [1.29, 1.82) is 0 Å². The van der Waals surface area contributed by atoms with Crippen LogP contribution in [0.25, 0.3) is 0 Å². The van der Waals surface area contributed by atoms with E-state index in [0.29, 0.717) is 27.9 Å². The first-order chi connectivity index (χ1) is 8.06. The van der Waals surface area contributed by atoms with Crippen LogP contribution in [-0.4, -0.2) is 9.97 Å². The number of hydrogen-bond donors (Lipinski definition) is 2. The number of nitrogens with two attached hydrogens (primary N) is 1. The number of nitrogens with one attached hydrogen (secondary N) is 1. The summed E-state index contributed by atoms with van der Waals surface area (Å²) in [6.45, 7) is 1.78. The topological polar surface area (TPSA) is 63.8 Å². The Hall–Kier alpha value is -1.88. The first-order valence-electron chi connectivity index (χ1n) is 4.86. The summed E-state index contributed by atoms with van der Waals surface area (Å²) in [6, 6.07) is 4.15. The fraction of sp³-hybridized carbons (Fsp3) is 0.0909. The zero-order chi connectivity index (χ0) is 12.4. The molecule has 0 aliphatic carbocycles. The quantitative estimate of drug-likeness (QED) is 0.863. The largest absolute Gasteiger partial charge is 0.383 e. The Morgan fingerprint density at radius 1 is 1.29 bits per heavy atom. The monoisotopic (exact) mass is 252 g/mol. The molecule has 4 nitrogen and oxygen atoms in total. The van der Waals surface area contributed by atoms with E-state index in [-0.39, 0.29) is 0 Å². The minimum Gasteiger partial charge on any atom is -0.383 e. The molecule has 3 N–H and O–H groups in total. The zero-order valence-electron chi connectivity index (χ0n) is 9.04. The minimum absolute atomic E-state index is 0.312. The fourth-order valence-corrected chi connectivity index (χ4v) is 1.57. The van der Waals surface area contributed by atoms with Crippen LogP contribution in [0.15, 0.2) is 24.5 Å². The SMILES string of the molecule is Cc1c(N)ncnc1Nc1cc(F)cc(Cl)c1. The van der Waals surface area contributed by atoms with E-state index >= 15 is 0 Å². The molecular formula is C11H10ClFN4. The second-order valence-corrected chi connectivity index (χ2v) is 3.95. The Morgan fingerprint density at radius 3 is 2.76 bits per heavy atom. The highest BCUT2D eigenvalue weighted by atomic mass is 35.5. The maximum Gasteiger partial charge on any atom is 0.138 e. The first kappa shape index (κ1) is 11.6. The van der Waals surface area contributed by atoms with E-state index in [4.69, 9.17) is 17.3 Å². The number of halogens is 2. The smallest absolute Gasteiger partial charge is 0.138 e. The Balaban J connectivity index is 2.34. The molecule has 0 saturated carbocycles. The van der Waals surface area contributed by atoms with Gasteiger partial charge in [0.05, 0.1) is 0 Å². The summed E-state index contributed by atoms with van der Waals surface area (Å²) < 4.78 is 13.1. The Labute approximate surface area is 103 Å². The molecule has 0 aliphatic rings. The van der Waals surface area contributed by atoms with Gasteiger partial charge in [0.15, 0.2) is 0 Å². The first-order valence-corrected chi connectivity index (χ1v) is 5.24. The third kappa shape index (κ3) is 2.62. The van der Waals surface area contributed by atoms with Crippen LogP contribution in [0.2, 0.25) is 5.02 Å². The standard InChI is InChI=1S/C11H10ClFN4/c1-6-10(14)15-5-16-11(6)17-9-3-7(12)2-8(13)4-9/h2-5H,1H3,(H3,14,15,16,17). The third-order valence-corrected chi connectivity index (χ3v) is 2.47. The van der Waals surface area contributed by atoms with Crippen LogP contribution in [0.1, 0.15) is 5.56 Å². The lowest BCUT2D eigenvalue weighted by atomic mass is 10.2. The van der Waals surface area contributed by atoms with Gasteiger partial charge in [-0.2, -0.15) is 0 Å². The van der Waals surface area contributed by atoms with E-state index in [1.807, 2.05) is 0 Å². The third-order valence-electron chi connectivity index (χ3n) is 2.25. The molecule has 0 spiro atoms. The van der Waals surface area contributed by atoms with Crippen LogP contribution in [-0.2, 0) is 0 Å². The maximum absolute atomic E-state index is 13.1. The number of nitrogens with zero attached hydrogens (tertiary/aromatic N) is 2. The van der Waals surface area contributed by atoms with Crippen molar-refractivity contribution in [3.8, 4) is 0 Å². The van der Waals surface area contributed by atoms with Crippen LogP contribution in [0.4, 0.5) is 21.7 Å². The van der Waals surface area contributed by atoms with E-state index < -0.39 is 5.82 Å². The van der Waals surface area contributed by atoms with E-state index in [1.165, 1.54) is 18.5 Å². The lowest BCUT2D eigenvalue weighted by molar-refractivity contribution is 0.628. The van der Waals surface area contributed by atoms with Gasteiger partial charge in [-0.3, -0.25) is 0 Å². The van der Waals surface area contributed by atoms with Crippen molar-refractivity contribution >= 4 is 28.9 Å². The molecule has 1 aromatic heterocycles. The molecule has 0 saturated heterocycles. The van der Waals surface area contributed by atoms with E-state index in [1.54, 1.807) is 13.0 Å². The summed E-state index contributed by atoms with van der Waals surface area (Å²) in [5.41, 5.74) is 6.85. The van der Waals surface area contributed by atoms with Gasteiger partial charge in [-0.05, 0) is 25.1 Å². The van der Waals surface area contributed by atoms with E-state index in [2.05, 4.69) is 15.3 Å². The molecule has 0 bridgehead atoms. The molecule has 0 fully saturated rings. The number of anilines is 3. The predicted molar refractivity (Wildman–Crippen MR) is 65.9 cm³/mol. The van der Waals surface area contributed by atoms with Crippen LogP contribution in [0.3, 0.4) is 0 Å². The second-order valence-electron chi connectivity index (χ2n) is 3.52. The van der Waals surface area contributed by atoms with Gasteiger partial charge in [0, 0.05) is 16.3 Å². The molecule has 1 heterocycles. The van der Waals surface area contributed by atoms with Gasteiger partial charge in [0.25, 0.3) is 0 Å². The summed E-state index contributed by atoms with van der Waals surface area (Å²) >= 11 is 5.75. The maximum atomic E-state index is 13.1. The normalized spacial score (nSPS) is 10.3. The molecule has 88 valence electrons. The van der Waals surface area contributed by atoms with E-state index in [9.17, 15) is 4.39 Å². The average Bonchev–Trinajstić information content (AvgIpc) is 2.23. The van der Waals surface area contributed by atoms with E-state index in [0.717, 1.165) is 0 Å². The van der Waals surface area contributed by atoms with Gasteiger partial charge in [-0.25, -0.2) is 14.4 Å². The number of nitrogen functional groups attached to an aromatic ring is 1. The van der Waals surface area contributed by atoms with Gasteiger partial charge in [-0.15, -0.1) is 0 Å². The summed E-state index contributed by atoms with van der Waals surface area (Å²) in [6.07, 6.45) is 1.34. The molecule has 6 heteroatoms. The molecule has 17 heavy (non-hydrogen) atoms. The summed E-state index contributed by atoms with van der Waals surface area (Å²) in [7, 11) is 0. The number of benzene rings is 1. The van der Waals surface area contributed by atoms with Crippen LogP contribution in [0.5, 0.6) is 0 Å². The van der Waals surface area contributed by atoms with Gasteiger partial charge in [0.1, 0.15) is 23.8 Å². The van der Waals surface area contributed by atoms with Gasteiger partial charge in [-0.1, -0.05) is 11.6 Å². The molecule has 0 unspecified atom stereocenters. The van der Waals surface area contributed by atoms with Crippen molar-refractivity contribution in [1.82, 2.24) is 9.97 Å². The zero-order valence-corrected chi connectivity index (χ0v) is 9.79. The number of hydrogen-bond acceptors (Lipinski definition) is 4. The highest BCUT2D eigenvalue weighted by molar-refractivity contribution is 6.30. The highest BCUT2D eigenvalue weighted by Crippen LogP contribution is 2.23. The summed E-state index contributed by atoms with van der Waals surface area (Å²) in [4.78, 5) is 7.87. The molecule has 0 aliphatic heterocycles. The molecule has 2 rings (SSSR count). The van der Waals surface area contributed by atoms with Gasteiger partial charge < -0.3 is 11.1 Å². The average molecular weight is 253 g/mol. The Kier molecular flexibility index (Phi) is 3.10. The second kappa shape index (κ2) is 4.55. The highest BCUT2D eigenvalue weighted by Gasteiger charge is 2.05. The number of aromatic nitrogens is 2. The molecule has 0 radical (unpaired) electrons. The Morgan fingerprint density at radius 2 is 2.06 bits per heavy atom. The van der Waals surface area contributed by atoms with Crippen molar-refractivity contribution in [3.05, 3.63) is 40.9 Å². The van der Waals surface area contributed by atoms with Crippen molar-refractivity contribution in [3.63, 3.8) is 0 Å². The van der Waals surface area contributed by atoms with Crippen molar-refractivity contribution in [2.24, 2.45) is 0 Å². The molecule has 1 aromatic carbocycles. The lowest BCUT2D eigenvalue weighted by Gasteiger charge is -2.09. The molecular weight excluding hydrogens is 243 g/mol. The van der Waals surface area contributed by atoms with Crippen molar-refractivity contribution in [2.75, 3.05) is 11.1 Å². The molecule has 0 amide bonds. The molecule has 0 atom stereocenters. The minimum atomic E-state index is -0.417. The van der Waals surface area contributed by atoms with Gasteiger partial charge >= 0.3 is 0 Å². The van der Waals surface area contributed by atoms with Crippen LogP contribution < -0.4 is 11.1 Å². The predicted octanol–water partition coefficient (Wildman–Crippen LogP) is 2.90. The summed E-state index contributed by atoms with van der Waals surface area (Å²) in [5, 5.41) is 3.25. The van der Waals surface area contributed by atoms with Crippen molar-refractivity contribution < 1.29 is 4.39 Å². The summed E-state index contributed by atoms with van der Waals surface area (Å²) in [5.74, 6) is 0.490. The van der Waals surface area contributed by atoms with Crippen LogP contribution in [0, 0.1) is 12.7 Å².